The lowest BCUT2D eigenvalue weighted by Crippen LogP contribution is -2.48. The van der Waals surface area contributed by atoms with Crippen LogP contribution in [0, 0.1) is 5.92 Å². The summed E-state index contributed by atoms with van der Waals surface area (Å²) in [4.78, 5) is 23.6. The summed E-state index contributed by atoms with van der Waals surface area (Å²) in [5.74, 6) is -0.245. The summed E-state index contributed by atoms with van der Waals surface area (Å²) < 4.78 is 0. The van der Waals surface area contributed by atoms with Gasteiger partial charge >= 0.3 is 0 Å². The molecular weight excluding hydrogens is 182 g/mol. The number of hydrogen-bond acceptors (Lipinski definition) is 3. The van der Waals surface area contributed by atoms with E-state index in [0.29, 0.717) is 13.1 Å². The molecule has 1 atom stereocenters. The maximum Gasteiger partial charge on any atom is 0.234 e. The minimum atomic E-state index is -0.566. The van der Waals surface area contributed by atoms with E-state index in [4.69, 9.17) is 11.5 Å². The maximum atomic E-state index is 11.0. The molecule has 0 aromatic heterocycles. The first kappa shape index (κ1) is 11.0. The summed E-state index contributed by atoms with van der Waals surface area (Å²) in [6, 6.07) is -0.566. The Kier molecular flexibility index (Phi) is 3.46. The maximum absolute atomic E-state index is 11.0. The molecule has 1 unspecified atom stereocenters. The normalized spacial score (nSPS) is 20.6. The Morgan fingerprint density at radius 3 is 2.21 bits per heavy atom. The molecule has 5 nitrogen and oxygen atoms in total. The van der Waals surface area contributed by atoms with Crippen molar-refractivity contribution in [3.05, 3.63) is 0 Å². The van der Waals surface area contributed by atoms with Crippen molar-refractivity contribution in [1.82, 2.24) is 4.90 Å². The molecule has 80 valence electrons. The first-order valence-electron chi connectivity index (χ1n) is 4.82. The van der Waals surface area contributed by atoms with Crippen molar-refractivity contribution < 1.29 is 9.59 Å². The highest BCUT2D eigenvalue weighted by Crippen LogP contribution is 2.19. The van der Waals surface area contributed by atoms with Crippen molar-refractivity contribution in [2.75, 3.05) is 13.1 Å². The highest BCUT2D eigenvalue weighted by Gasteiger charge is 2.27. The fraction of sp³-hybridized carbons (Fsp3) is 0.778. The SMILES string of the molecule is CC(=O)N1CCC(C(N)C(N)=O)CC1. The van der Waals surface area contributed by atoms with Gasteiger partial charge in [-0.2, -0.15) is 0 Å². The number of amides is 2. The van der Waals surface area contributed by atoms with Crippen molar-refractivity contribution in [3.63, 3.8) is 0 Å². The van der Waals surface area contributed by atoms with Crippen LogP contribution in [0.2, 0.25) is 0 Å². The molecule has 0 aromatic rings. The largest absolute Gasteiger partial charge is 0.368 e. The number of rotatable bonds is 2. The predicted molar refractivity (Wildman–Crippen MR) is 52.1 cm³/mol. The Labute approximate surface area is 83.4 Å². The standard InChI is InChI=1S/C9H17N3O2/c1-6(13)12-4-2-7(3-5-12)8(10)9(11)14/h7-8H,2-5,10H2,1H3,(H2,11,14). The number of carbonyl (C=O) groups is 2. The van der Waals surface area contributed by atoms with Gasteiger partial charge in [-0.05, 0) is 18.8 Å². The van der Waals surface area contributed by atoms with Crippen molar-refractivity contribution in [3.8, 4) is 0 Å². The van der Waals surface area contributed by atoms with E-state index >= 15 is 0 Å². The minimum Gasteiger partial charge on any atom is -0.368 e. The molecule has 0 radical (unpaired) electrons. The minimum absolute atomic E-state index is 0.0797. The van der Waals surface area contributed by atoms with E-state index in [1.165, 1.54) is 0 Å². The Hall–Kier alpha value is -1.10. The molecule has 0 bridgehead atoms. The molecule has 0 aromatic carbocycles. The quantitative estimate of drug-likeness (QED) is 0.601. The topological polar surface area (TPSA) is 89.4 Å². The van der Waals surface area contributed by atoms with E-state index < -0.39 is 11.9 Å². The van der Waals surface area contributed by atoms with Crippen LogP contribution >= 0.6 is 0 Å². The van der Waals surface area contributed by atoms with Crippen molar-refractivity contribution in [2.24, 2.45) is 17.4 Å². The third-order valence-corrected chi connectivity index (χ3v) is 2.82. The number of hydrogen-bond donors (Lipinski definition) is 2. The van der Waals surface area contributed by atoms with Crippen LogP contribution in [0.3, 0.4) is 0 Å². The van der Waals surface area contributed by atoms with Gasteiger partial charge in [-0.15, -0.1) is 0 Å². The number of piperidine rings is 1. The summed E-state index contributed by atoms with van der Waals surface area (Å²) in [7, 11) is 0. The molecule has 14 heavy (non-hydrogen) atoms. The van der Waals surface area contributed by atoms with Gasteiger partial charge in [0.15, 0.2) is 0 Å². The van der Waals surface area contributed by atoms with Gasteiger partial charge < -0.3 is 16.4 Å². The fourth-order valence-corrected chi connectivity index (χ4v) is 1.81. The van der Waals surface area contributed by atoms with Crippen LogP contribution in [0.5, 0.6) is 0 Å². The average molecular weight is 199 g/mol. The van der Waals surface area contributed by atoms with E-state index in [-0.39, 0.29) is 11.8 Å². The molecule has 2 amide bonds. The second kappa shape index (κ2) is 4.41. The van der Waals surface area contributed by atoms with Crippen molar-refractivity contribution in [2.45, 2.75) is 25.8 Å². The van der Waals surface area contributed by atoms with Crippen LogP contribution in [-0.2, 0) is 9.59 Å². The van der Waals surface area contributed by atoms with Crippen molar-refractivity contribution >= 4 is 11.8 Å². The summed E-state index contributed by atoms with van der Waals surface area (Å²) in [6.45, 7) is 2.91. The molecule has 1 heterocycles. The smallest absolute Gasteiger partial charge is 0.234 e. The lowest BCUT2D eigenvalue weighted by molar-refractivity contribution is -0.130. The number of nitrogens with two attached hydrogens (primary N) is 2. The lowest BCUT2D eigenvalue weighted by Gasteiger charge is -2.33. The summed E-state index contributed by atoms with van der Waals surface area (Å²) >= 11 is 0. The Morgan fingerprint density at radius 1 is 1.36 bits per heavy atom. The molecule has 1 rings (SSSR count). The molecule has 1 fully saturated rings. The van der Waals surface area contributed by atoms with E-state index in [2.05, 4.69) is 0 Å². The van der Waals surface area contributed by atoms with Gasteiger partial charge in [0.05, 0.1) is 6.04 Å². The molecule has 5 heteroatoms. The van der Waals surface area contributed by atoms with Crippen LogP contribution < -0.4 is 11.5 Å². The molecule has 0 spiro atoms. The first-order chi connectivity index (χ1) is 6.52. The number of nitrogens with zero attached hydrogens (tertiary/aromatic N) is 1. The zero-order valence-corrected chi connectivity index (χ0v) is 8.40. The lowest BCUT2D eigenvalue weighted by atomic mass is 9.89. The highest BCUT2D eigenvalue weighted by molar-refractivity contribution is 5.80. The zero-order valence-electron chi connectivity index (χ0n) is 8.40. The molecule has 0 saturated carbocycles. The number of carbonyl (C=O) groups excluding carboxylic acids is 2. The highest BCUT2D eigenvalue weighted by atomic mass is 16.2. The van der Waals surface area contributed by atoms with Gasteiger partial charge in [0.25, 0.3) is 0 Å². The molecule has 1 aliphatic rings. The van der Waals surface area contributed by atoms with Gasteiger partial charge in [-0.3, -0.25) is 9.59 Å². The first-order valence-corrected chi connectivity index (χ1v) is 4.82. The van der Waals surface area contributed by atoms with Crippen LogP contribution in [0.25, 0.3) is 0 Å². The van der Waals surface area contributed by atoms with Gasteiger partial charge in [-0.25, -0.2) is 0 Å². The second-order valence-electron chi connectivity index (χ2n) is 3.77. The molecule has 0 aliphatic carbocycles. The molecule has 4 N–H and O–H groups in total. The summed E-state index contributed by atoms with van der Waals surface area (Å²) in [5.41, 5.74) is 10.8. The van der Waals surface area contributed by atoms with Crippen molar-refractivity contribution in [1.29, 1.82) is 0 Å². The predicted octanol–water partition coefficient (Wildman–Crippen LogP) is -0.942. The molecule has 1 aliphatic heterocycles. The van der Waals surface area contributed by atoms with E-state index in [9.17, 15) is 9.59 Å². The van der Waals surface area contributed by atoms with Crippen LogP contribution in [-0.4, -0.2) is 35.8 Å². The second-order valence-corrected chi connectivity index (χ2v) is 3.77. The average Bonchev–Trinajstić information content (AvgIpc) is 2.16. The van der Waals surface area contributed by atoms with Gasteiger partial charge in [0.2, 0.25) is 11.8 Å². The van der Waals surface area contributed by atoms with Gasteiger partial charge in [-0.1, -0.05) is 0 Å². The Bertz CT molecular complexity index is 234. The van der Waals surface area contributed by atoms with Crippen LogP contribution in [0.1, 0.15) is 19.8 Å². The molecular formula is C9H17N3O2. The Balaban J connectivity index is 2.43. The summed E-state index contributed by atoms with van der Waals surface area (Å²) in [5, 5.41) is 0. The molecule has 1 saturated heterocycles. The van der Waals surface area contributed by atoms with E-state index in [1.807, 2.05) is 0 Å². The third kappa shape index (κ3) is 2.45. The summed E-state index contributed by atoms with van der Waals surface area (Å²) in [6.07, 6.45) is 1.54. The zero-order chi connectivity index (χ0) is 10.7. The monoisotopic (exact) mass is 199 g/mol. The van der Waals surface area contributed by atoms with Gasteiger partial charge in [0.1, 0.15) is 0 Å². The third-order valence-electron chi connectivity index (χ3n) is 2.82. The van der Waals surface area contributed by atoms with Crippen LogP contribution in [0.4, 0.5) is 0 Å². The van der Waals surface area contributed by atoms with E-state index in [0.717, 1.165) is 12.8 Å². The van der Waals surface area contributed by atoms with E-state index in [1.54, 1.807) is 11.8 Å². The van der Waals surface area contributed by atoms with Gasteiger partial charge in [0, 0.05) is 20.0 Å². The van der Waals surface area contributed by atoms with Crippen LogP contribution in [0.15, 0.2) is 0 Å². The Morgan fingerprint density at radius 2 is 1.86 bits per heavy atom. The fourth-order valence-electron chi connectivity index (χ4n) is 1.81. The number of primary amides is 1. The number of likely N-dealkylation sites (tertiary alicyclic amines) is 1.